The van der Waals surface area contributed by atoms with Crippen molar-refractivity contribution in [2.45, 2.75) is 149 Å². The van der Waals surface area contributed by atoms with Gasteiger partial charge in [-0.1, -0.05) is 75.9 Å². The van der Waals surface area contributed by atoms with Gasteiger partial charge in [0.15, 0.2) is 0 Å². The molecule has 9 fully saturated rings. The number of H-pyrrole nitrogens is 1. The number of likely N-dealkylation sites (tertiary alicyclic amines) is 2. The first-order valence-corrected chi connectivity index (χ1v) is 31.4. The topological polar surface area (TPSA) is 205 Å². The molecule has 19 heteroatoms. The maximum absolute atomic E-state index is 14.3. The van der Waals surface area contributed by atoms with Gasteiger partial charge in [0.05, 0.1) is 23.5 Å². The van der Waals surface area contributed by atoms with E-state index in [4.69, 9.17) is 15.0 Å². The molecule has 4 bridgehead atoms. The quantitative estimate of drug-likeness (QED) is 0.116. The number of amides is 3. The Hall–Kier alpha value is -4.24. The van der Waals surface area contributed by atoms with Crippen LogP contribution in [0.25, 0.3) is 10.9 Å². The molecule has 4 aromatic rings. The number of rotatable bonds is 6. The molecule has 3 amide bonds. The maximum Gasteiger partial charge on any atom is 0.281 e. The highest BCUT2D eigenvalue weighted by Gasteiger charge is 2.72. The number of anilines is 2. The van der Waals surface area contributed by atoms with Crippen LogP contribution in [0.3, 0.4) is 0 Å². The van der Waals surface area contributed by atoms with Gasteiger partial charge < -0.3 is 40.7 Å². The van der Waals surface area contributed by atoms with E-state index in [2.05, 4.69) is 112 Å². The highest BCUT2D eigenvalue weighted by atomic mass is 35.5. The number of benzene rings is 3. The smallest absolute Gasteiger partial charge is 0.281 e. The third-order valence-corrected chi connectivity index (χ3v) is 20.2. The molecule has 4 saturated carbocycles. The number of aliphatic hydroxyl groups is 1. The number of aromatic amines is 1. The van der Waals surface area contributed by atoms with E-state index in [1.54, 1.807) is 4.90 Å². The van der Waals surface area contributed by atoms with Gasteiger partial charge in [-0.3, -0.25) is 28.6 Å². The van der Waals surface area contributed by atoms with Crippen LogP contribution in [0.5, 0.6) is 0 Å². The van der Waals surface area contributed by atoms with Crippen LogP contribution in [0, 0.1) is 41.4 Å². The molecule has 430 valence electrons. The van der Waals surface area contributed by atoms with Crippen LogP contribution >= 0.6 is 24.2 Å². The van der Waals surface area contributed by atoms with Crippen LogP contribution in [-0.4, -0.2) is 149 Å². The first-order chi connectivity index (χ1) is 37.0. The molecule has 6 N–H and O–H groups in total. The van der Waals surface area contributed by atoms with Crippen LogP contribution in [0.15, 0.2) is 82.7 Å². The number of fused-ring (bicyclic) bond motifs is 7. The first-order valence-electron chi connectivity index (χ1n) is 28.7. The molecule has 3 aromatic carbocycles. The molecule has 7 heterocycles. The summed E-state index contributed by atoms with van der Waals surface area (Å²) in [5.74, 6) is -0.0460. The van der Waals surface area contributed by atoms with E-state index in [1.165, 1.54) is 101 Å². The second-order valence-electron chi connectivity index (χ2n) is 25.6. The van der Waals surface area contributed by atoms with Gasteiger partial charge in [0, 0.05) is 76.5 Å². The van der Waals surface area contributed by atoms with Crippen molar-refractivity contribution in [2.75, 3.05) is 58.0 Å². The van der Waals surface area contributed by atoms with Crippen molar-refractivity contribution in [3.63, 3.8) is 0 Å². The molecule has 0 radical (unpaired) electrons. The number of aromatic nitrogens is 1. The van der Waals surface area contributed by atoms with E-state index in [0.717, 1.165) is 48.6 Å². The molecule has 1 unspecified atom stereocenters. The van der Waals surface area contributed by atoms with Crippen molar-refractivity contribution < 1.29 is 37.2 Å². The van der Waals surface area contributed by atoms with Gasteiger partial charge in [0.1, 0.15) is 12.1 Å². The Balaban J connectivity index is 0.000000152. The largest absolute Gasteiger partial charge is 0.361 e. The number of likely N-dealkylation sites (N-methyl/N-ethyl adjacent to an activating group) is 1. The van der Waals surface area contributed by atoms with Gasteiger partial charge in [-0.05, 0) is 162 Å². The van der Waals surface area contributed by atoms with E-state index >= 15 is 0 Å². The second kappa shape index (κ2) is 22.2. The fraction of sp³-hybridized carbons (Fsp3) is 0.617. The van der Waals surface area contributed by atoms with Crippen LogP contribution in [-0.2, 0) is 35.7 Å². The van der Waals surface area contributed by atoms with Crippen LogP contribution in [0.4, 0.5) is 11.4 Å². The number of hydrogen-bond acceptors (Lipinski definition) is 12. The number of piperazine rings is 1. The number of ether oxygens (including phenoxy) is 1. The molecule has 6 aliphatic heterocycles. The Morgan fingerprint density at radius 2 is 1.51 bits per heavy atom. The van der Waals surface area contributed by atoms with Crippen molar-refractivity contribution in [3.05, 3.63) is 84.1 Å². The van der Waals surface area contributed by atoms with Gasteiger partial charge in [-0.2, -0.15) is 8.42 Å². The van der Waals surface area contributed by atoms with Crippen molar-refractivity contribution in [3.8, 4) is 0 Å². The predicted octanol–water partition coefficient (Wildman–Crippen LogP) is 8.21. The van der Waals surface area contributed by atoms with Crippen molar-refractivity contribution in [2.24, 2.45) is 47.2 Å². The summed E-state index contributed by atoms with van der Waals surface area (Å²) >= 11 is 1.89. The Kier molecular flexibility index (Phi) is 16.3. The maximum atomic E-state index is 14.3. The number of nitrogens with zero attached hydrogens (tertiary/aromatic N) is 5. The summed E-state index contributed by atoms with van der Waals surface area (Å²) in [4.78, 5) is 58.3. The summed E-state index contributed by atoms with van der Waals surface area (Å²) < 4.78 is 32.3. The Morgan fingerprint density at radius 3 is 2.08 bits per heavy atom. The average molecular weight is 1140 g/mol. The van der Waals surface area contributed by atoms with Gasteiger partial charge in [-0.25, -0.2) is 0 Å². The minimum absolute atomic E-state index is 0. The zero-order valence-electron chi connectivity index (χ0n) is 47.0. The van der Waals surface area contributed by atoms with Gasteiger partial charge in [0.2, 0.25) is 17.5 Å². The minimum atomic E-state index is -3.67. The summed E-state index contributed by atoms with van der Waals surface area (Å²) in [5, 5.41) is 16.4. The van der Waals surface area contributed by atoms with Gasteiger partial charge >= 0.3 is 0 Å². The van der Waals surface area contributed by atoms with E-state index in [1.807, 2.05) is 39.5 Å². The number of piperidine rings is 1. The van der Waals surface area contributed by atoms with Crippen molar-refractivity contribution in [1.29, 1.82) is 0 Å². The Morgan fingerprint density at radius 1 is 0.886 bits per heavy atom. The number of halogens is 1. The summed E-state index contributed by atoms with van der Waals surface area (Å²) in [6.45, 7) is 12.0. The molecule has 8 atom stereocenters. The second-order valence-corrected chi connectivity index (χ2v) is 28.2. The zero-order valence-corrected chi connectivity index (χ0v) is 49.4. The summed E-state index contributed by atoms with van der Waals surface area (Å²) in [5.41, 5.74) is 11.3. The Bertz CT molecular complexity index is 2960. The number of hydrogen-bond donors (Lipinski definition) is 5. The molecule has 16 nitrogen and oxygen atoms in total. The minimum Gasteiger partial charge on any atom is -0.361 e. The number of nitrogens with two attached hydrogens (primary N) is 1. The van der Waals surface area contributed by atoms with Gasteiger partial charge in [0.25, 0.3) is 21.9 Å². The molecule has 0 spiro atoms. The van der Waals surface area contributed by atoms with E-state index in [0.29, 0.717) is 37.7 Å². The van der Waals surface area contributed by atoms with Crippen molar-refractivity contribution >= 4 is 74.3 Å². The number of nitrogens with one attached hydrogen (secondary N) is 2. The van der Waals surface area contributed by atoms with Gasteiger partial charge in [-0.15, -0.1) is 12.4 Å². The van der Waals surface area contributed by atoms with Crippen LogP contribution in [0.2, 0.25) is 0 Å². The number of para-hydroxylation sites is 2. The zero-order chi connectivity index (χ0) is 55.2. The normalized spacial score (nSPS) is 33.8. The lowest BCUT2D eigenvalue weighted by molar-refractivity contribution is -0.323. The van der Waals surface area contributed by atoms with E-state index in [-0.39, 0.29) is 48.0 Å². The average Bonchev–Trinajstić information content (AvgIpc) is 3.00. The lowest BCUT2D eigenvalue weighted by atomic mass is 9.53. The number of carbonyl (C=O) groups is 3. The summed E-state index contributed by atoms with van der Waals surface area (Å²) in [6, 6.07) is 22.7. The molecule has 11 aliphatic rings. The van der Waals surface area contributed by atoms with Crippen molar-refractivity contribution in [1.82, 2.24) is 29.9 Å². The monoisotopic (exact) mass is 1140 g/mol. The number of carbonyl (C=O) groups excluding carboxylic acids is 3. The molecular formula is C60H83ClN8O8S2. The summed E-state index contributed by atoms with van der Waals surface area (Å²) in [6.07, 6.45) is 15.5. The molecule has 15 rings (SSSR count). The first kappa shape index (κ1) is 58.0. The molecule has 5 aliphatic carbocycles. The lowest BCUT2D eigenvalue weighted by Crippen LogP contribution is -2.72. The third kappa shape index (κ3) is 11.0. The predicted molar refractivity (Wildman–Crippen MR) is 311 cm³/mol. The third-order valence-electron chi connectivity index (χ3n) is 19.1. The molecule has 1 aromatic heterocycles. The standard InChI is InChI=1S/C31H41N5O5.C18H20N2S.C10H17N.CH4O3S.ClH/c1-16(2)26-28(38)35-11-7-10-24(35)31(40)36(26)29(39)30(41-31,17(3)4)33-27(37)19-12-21-20-8-6-9-22-25(20)18(14-32-22)13-23(21)34(5)15-19;1-19-11-10-14(12-19)13-20-15-6-2-4-8-17(15)21-18-9-5-3-7-16(18)20;11-10-4-7-1-8(5-10)3-9(2-7)6-10;1-5(2,3)4;/h6,8-9,14,16-17,19,21,23-24,26,32,40H,7,10-13,15H2,1-5H3,(H,33,37);2-9,14H,10-13H2,1H3;7-9H,1-6,11H2;1H3,(H,2,3,4);1H/t19-,21-,23-,24+,26+,30-,31+;;;;/m1..../s1. The molecular weight excluding hydrogens is 1060 g/mol. The van der Waals surface area contributed by atoms with Crippen LogP contribution in [0.1, 0.15) is 109 Å². The van der Waals surface area contributed by atoms with Crippen LogP contribution < -0.4 is 16.0 Å². The molecule has 5 saturated heterocycles. The molecule has 79 heavy (non-hydrogen) atoms. The lowest BCUT2D eigenvalue weighted by Gasteiger charge is -2.55. The Labute approximate surface area is 477 Å². The fourth-order valence-corrected chi connectivity index (χ4v) is 17.2. The van der Waals surface area contributed by atoms with E-state index < -0.39 is 45.7 Å². The SMILES string of the molecule is CC(C)[C@H]1C(=O)N2CCC[C@H]2[C@]2(O)O[C@](NC(=O)[C@@H]3C[C@@H]4c5cccc6[nH]cc(c56)C[C@H]4N(C)C3)(C(C)C)C(=O)N12.CN1CCC(CN2c3ccccc3Sc3ccccc32)C1.CS(=O)(=O)O.Cl.NC12CC3CC(CC(C3)C1)C2. The highest BCUT2D eigenvalue weighted by Crippen LogP contribution is 2.55. The highest BCUT2D eigenvalue weighted by molar-refractivity contribution is 7.99. The van der Waals surface area contributed by atoms with E-state index in [9.17, 15) is 27.9 Å². The fourth-order valence-electron chi connectivity index (χ4n) is 16.1. The summed E-state index contributed by atoms with van der Waals surface area (Å²) in [7, 11) is 0.634.